The molecule has 6 nitrogen and oxygen atoms in total. The van der Waals surface area contributed by atoms with Crippen molar-refractivity contribution in [1.82, 2.24) is 15.3 Å². The normalized spacial score (nSPS) is 16.2. The van der Waals surface area contributed by atoms with Gasteiger partial charge in [-0.05, 0) is 25.0 Å². The van der Waals surface area contributed by atoms with Crippen LogP contribution in [-0.2, 0) is 0 Å². The number of anilines is 1. The summed E-state index contributed by atoms with van der Waals surface area (Å²) in [6, 6.07) is 3.81. The maximum Gasteiger partial charge on any atom is 0.274 e. The number of fused-ring (bicyclic) bond motifs is 1. The van der Waals surface area contributed by atoms with Crippen molar-refractivity contribution in [3.8, 4) is 5.75 Å². The standard InChI is InChI=1S/C15H16N4O2/c1-8-3-4-10-11(7-21-13(10)9(8)2)19-15(20)12-14(16)18-6-5-17-12/h3-6,11H,7H2,1-2H3,(H2,16,18)(H,19,20). The number of aryl methyl sites for hydroxylation is 1. The van der Waals surface area contributed by atoms with Crippen molar-refractivity contribution in [1.29, 1.82) is 0 Å². The van der Waals surface area contributed by atoms with Crippen molar-refractivity contribution in [2.24, 2.45) is 0 Å². The van der Waals surface area contributed by atoms with E-state index in [9.17, 15) is 4.79 Å². The van der Waals surface area contributed by atoms with Gasteiger partial charge in [-0.15, -0.1) is 0 Å². The minimum absolute atomic E-state index is 0.120. The van der Waals surface area contributed by atoms with Crippen molar-refractivity contribution >= 4 is 11.7 Å². The summed E-state index contributed by atoms with van der Waals surface area (Å²) in [5, 5.41) is 2.89. The predicted octanol–water partition coefficient (Wildman–Crippen LogP) is 1.54. The highest BCUT2D eigenvalue weighted by Crippen LogP contribution is 2.36. The molecule has 1 amide bonds. The maximum atomic E-state index is 12.2. The van der Waals surface area contributed by atoms with Crippen molar-refractivity contribution in [2.75, 3.05) is 12.3 Å². The molecule has 0 aliphatic carbocycles. The second-order valence-electron chi connectivity index (χ2n) is 5.05. The first kappa shape index (κ1) is 13.4. The average Bonchev–Trinajstić information content (AvgIpc) is 2.87. The summed E-state index contributed by atoms with van der Waals surface area (Å²) in [7, 11) is 0. The summed E-state index contributed by atoms with van der Waals surface area (Å²) in [6.45, 7) is 4.45. The molecule has 0 spiro atoms. The van der Waals surface area contributed by atoms with E-state index < -0.39 is 0 Å². The van der Waals surface area contributed by atoms with Gasteiger partial charge in [0.1, 0.15) is 12.4 Å². The van der Waals surface area contributed by atoms with Gasteiger partial charge in [0.2, 0.25) is 0 Å². The van der Waals surface area contributed by atoms with E-state index in [2.05, 4.69) is 15.3 Å². The van der Waals surface area contributed by atoms with E-state index in [-0.39, 0.29) is 23.5 Å². The van der Waals surface area contributed by atoms with Crippen molar-refractivity contribution in [3.05, 3.63) is 46.9 Å². The molecule has 3 N–H and O–H groups in total. The monoisotopic (exact) mass is 284 g/mol. The van der Waals surface area contributed by atoms with Gasteiger partial charge in [-0.25, -0.2) is 9.97 Å². The molecule has 0 bridgehead atoms. The van der Waals surface area contributed by atoms with Crippen LogP contribution in [0.2, 0.25) is 0 Å². The van der Waals surface area contributed by atoms with Crippen LogP contribution in [-0.4, -0.2) is 22.5 Å². The molecule has 2 heterocycles. The van der Waals surface area contributed by atoms with Crippen LogP contribution in [0.25, 0.3) is 0 Å². The maximum absolute atomic E-state index is 12.2. The Hall–Kier alpha value is -2.63. The summed E-state index contributed by atoms with van der Waals surface area (Å²) in [5.74, 6) is 0.627. The van der Waals surface area contributed by atoms with E-state index in [4.69, 9.17) is 10.5 Å². The van der Waals surface area contributed by atoms with E-state index in [0.717, 1.165) is 16.9 Å². The SMILES string of the molecule is Cc1ccc2c(c1C)OCC2NC(=O)c1nccnc1N. The van der Waals surface area contributed by atoms with Gasteiger partial charge in [-0.3, -0.25) is 4.79 Å². The van der Waals surface area contributed by atoms with Crippen LogP contribution in [0, 0.1) is 13.8 Å². The lowest BCUT2D eigenvalue weighted by molar-refractivity contribution is 0.0926. The Kier molecular flexibility index (Phi) is 3.21. The molecule has 0 saturated heterocycles. The molecule has 3 rings (SSSR count). The molecule has 1 aliphatic heterocycles. The van der Waals surface area contributed by atoms with Crippen LogP contribution >= 0.6 is 0 Å². The van der Waals surface area contributed by atoms with E-state index in [1.54, 1.807) is 0 Å². The first-order valence-electron chi connectivity index (χ1n) is 6.68. The molecule has 0 saturated carbocycles. The topological polar surface area (TPSA) is 90.1 Å². The first-order chi connectivity index (χ1) is 10.1. The van der Waals surface area contributed by atoms with Crippen LogP contribution in [0.1, 0.15) is 33.2 Å². The summed E-state index contributed by atoms with van der Waals surface area (Å²) >= 11 is 0. The summed E-state index contributed by atoms with van der Waals surface area (Å²) in [5.41, 5.74) is 9.05. The second kappa shape index (κ2) is 5.05. The summed E-state index contributed by atoms with van der Waals surface area (Å²) in [4.78, 5) is 20.1. The zero-order valence-corrected chi connectivity index (χ0v) is 11.9. The number of benzene rings is 1. The number of hydrogen-bond donors (Lipinski definition) is 2. The molecule has 0 radical (unpaired) electrons. The largest absolute Gasteiger partial charge is 0.490 e. The highest BCUT2D eigenvalue weighted by molar-refractivity contribution is 5.96. The minimum atomic E-state index is -0.347. The number of nitrogens with zero attached hydrogens (tertiary/aromatic N) is 2. The van der Waals surface area contributed by atoms with E-state index >= 15 is 0 Å². The third-order valence-corrected chi connectivity index (χ3v) is 3.72. The van der Waals surface area contributed by atoms with Crippen LogP contribution in [0.3, 0.4) is 0 Å². The number of carbonyl (C=O) groups is 1. The number of nitrogen functional groups attached to an aromatic ring is 1. The fourth-order valence-corrected chi connectivity index (χ4v) is 2.40. The van der Waals surface area contributed by atoms with E-state index in [1.165, 1.54) is 18.0 Å². The quantitative estimate of drug-likeness (QED) is 0.873. The molecule has 1 unspecified atom stereocenters. The molecule has 2 aromatic rings. The fraction of sp³-hybridized carbons (Fsp3) is 0.267. The Balaban J connectivity index is 1.85. The number of ether oxygens (including phenoxy) is 1. The number of hydrogen-bond acceptors (Lipinski definition) is 5. The highest BCUT2D eigenvalue weighted by Gasteiger charge is 2.28. The minimum Gasteiger partial charge on any atom is -0.490 e. The first-order valence-corrected chi connectivity index (χ1v) is 6.68. The lowest BCUT2D eigenvalue weighted by atomic mass is 10.0. The zero-order chi connectivity index (χ0) is 15.0. The Labute approximate surface area is 122 Å². The molecule has 21 heavy (non-hydrogen) atoms. The van der Waals surface area contributed by atoms with Gasteiger partial charge in [0.15, 0.2) is 11.5 Å². The van der Waals surface area contributed by atoms with Crippen LogP contribution in [0.5, 0.6) is 5.75 Å². The molecule has 1 aliphatic rings. The van der Waals surface area contributed by atoms with Gasteiger partial charge in [0.25, 0.3) is 5.91 Å². The number of amides is 1. The number of nitrogens with two attached hydrogens (primary N) is 1. The van der Waals surface area contributed by atoms with Gasteiger partial charge in [-0.1, -0.05) is 12.1 Å². The number of nitrogens with one attached hydrogen (secondary N) is 1. The molecular weight excluding hydrogens is 268 g/mol. The molecule has 1 aromatic heterocycles. The molecular formula is C15H16N4O2. The Morgan fingerprint density at radius 1 is 1.33 bits per heavy atom. The van der Waals surface area contributed by atoms with Crippen molar-refractivity contribution in [3.63, 3.8) is 0 Å². The van der Waals surface area contributed by atoms with E-state index in [1.807, 2.05) is 26.0 Å². The Morgan fingerprint density at radius 2 is 2.10 bits per heavy atom. The zero-order valence-electron chi connectivity index (χ0n) is 11.9. The summed E-state index contributed by atoms with van der Waals surface area (Å²) < 4.78 is 5.71. The van der Waals surface area contributed by atoms with Crippen LogP contribution in [0.15, 0.2) is 24.5 Å². The molecule has 6 heteroatoms. The highest BCUT2D eigenvalue weighted by atomic mass is 16.5. The van der Waals surface area contributed by atoms with Crippen molar-refractivity contribution < 1.29 is 9.53 Å². The predicted molar refractivity (Wildman–Crippen MR) is 78.1 cm³/mol. The second-order valence-corrected chi connectivity index (χ2v) is 5.05. The fourth-order valence-electron chi connectivity index (χ4n) is 2.40. The van der Waals surface area contributed by atoms with E-state index in [0.29, 0.717) is 6.61 Å². The van der Waals surface area contributed by atoms with Gasteiger partial charge < -0.3 is 15.8 Å². The number of aromatic nitrogens is 2. The third-order valence-electron chi connectivity index (χ3n) is 3.72. The van der Waals surface area contributed by atoms with Crippen LogP contribution in [0.4, 0.5) is 5.82 Å². The van der Waals surface area contributed by atoms with Gasteiger partial charge >= 0.3 is 0 Å². The van der Waals surface area contributed by atoms with Gasteiger partial charge in [0, 0.05) is 18.0 Å². The molecule has 0 fully saturated rings. The third kappa shape index (κ3) is 2.29. The Bertz CT molecular complexity index is 715. The smallest absolute Gasteiger partial charge is 0.274 e. The number of carbonyl (C=O) groups excluding carboxylic acids is 1. The average molecular weight is 284 g/mol. The van der Waals surface area contributed by atoms with Gasteiger partial charge in [0.05, 0.1) is 6.04 Å². The molecule has 1 atom stereocenters. The Morgan fingerprint density at radius 3 is 2.86 bits per heavy atom. The molecule has 1 aromatic carbocycles. The lowest BCUT2D eigenvalue weighted by Crippen LogP contribution is -2.30. The van der Waals surface area contributed by atoms with Crippen LogP contribution < -0.4 is 15.8 Å². The number of rotatable bonds is 2. The van der Waals surface area contributed by atoms with Gasteiger partial charge in [-0.2, -0.15) is 0 Å². The molecule has 108 valence electrons. The van der Waals surface area contributed by atoms with Crippen molar-refractivity contribution in [2.45, 2.75) is 19.9 Å². The summed E-state index contributed by atoms with van der Waals surface area (Å²) in [6.07, 6.45) is 2.89. The lowest BCUT2D eigenvalue weighted by Gasteiger charge is -2.12.